The van der Waals surface area contributed by atoms with Crippen LogP contribution in [0.5, 0.6) is 0 Å². The number of aryl methyl sites for hydroxylation is 1. The van der Waals surface area contributed by atoms with Crippen LogP contribution in [-0.2, 0) is 11.8 Å². The molecule has 2 aromatic rings. The van der Waals surface area contributed by atoms with Crippen LogP contribution in [0.1, 0.15) is 38.0 Å². The van der Waals surface area contributed by atoms with Crippen LogP contribution in [-0.4, -0.2) is 22.7 Å². The maximum atomic E-state index is 11.9. The minimum absolute atomic E-state index is 0.172. The number of carbonyl (C=O) groups excluding carboxylic acids is 1. The lowest BCUT2D eigenvalue weighted by molar-refractivity contribution is 0.252. The maximum absolute atomic E-state index is 11.9. The highest BCUT2D eigenvalue weighted by molar-refractivity contribution is 9.10. The van der Waals surface area contributed by atoms with Gasteiger partial charge in [-0.25, -0.2) is 4.79 Å². The fraction of sp³-hybridized carbons (Fsp3) is 0.438. The number of hydrogen-bond acceptors (Lipinski definition) is 4. The van der Waals surface area contributed by atoms with E-state index in [9.17, 15) is 4.79 Å². The number of nitrogens with one attached hydrogen (secondary N) is 2. The van der Waals surface area contributed by atoms with Gasteiger partial charge < -0.3 is 15.2 Å². The van der Waals surface area contributed by atoms with Gasteiger partial charge in [-0.3, -0.25) is 0 Å². The first-order chi connectivity index (χ1) is 10.8. The molecule has 2 N–H and O–H groups in total. The number of aromatic nitrogens is 2. The van der Waals surface area contributed by atoms with Crippen LogP contribution >= 0.6 is 15.9 Å². The Morgan fingerprint density at radius 1 is 1.35 bits per heavy atom. The largest absolute Gasteiger partial charge is 0.339 e. The molecule has 23 heavy (non-hydrogen) atoms. The van der Waals surface area contributed by atoms with Gasteiger partial charge in [0.25, 0.3) is 0 Å². The molecule has 0 radical (unpaired) electrons. The van der Waals surface area contributed by atoms with Crippen molar-refractivity contribution in [3.05, 3.63) is 40.0 Å². The van der Waals surface area contributed by atoms with Gasteiger partial charge in [-0.05, 0) is 24.6 Å². The molecular weight excluding hydrogens is 360 g/mol. The van der Waals surface area contributed by atoms with E-state index in [1.54, 1.807) is 0 Å². The number of benzene rings is 1. The zero-order valence-electron chi connectivity index (χ0n) is 13.7. The Hall–Kier alpha value is -1.89. The lowest BCUT2D eigenvalue weighted by atomic mass is 9.97. The molecule has 2 amide bonds. The van der Waals surface area contributed by atoms with Crippen LogP contribution in [0, 0.1) is 6.92 Å². The van der Waals surface area contributed by atoms with Crippen LogP contribution in [0.4, 0.5) is 10.5 Å². The van der Waals surface area contributed by atoms with Crippen LogP contribution in [0.25, 0.3) is 0 Å². The van der Waals surface area contributed by atoms with Gasteiger partial charge in [0.2, 0.25) is 5.89 Å². The molecule has 6 nitrogen and oxygen atoms in total. The van der Waals surface area contributed by atoms with Crippen molar-refractivity contribution < 1.29 is 9.32 Å². The van der Waals surface area contributed by atoms with Gasteiger partial charge in [0.05, 0.1) is 0 Å². The molecule has 0 unspecified atom stereocenters. The number of anilines is 1. The molecule has 0 aliphatic heterocycles. The quantitative estimate of drug-likeness (QED) is 0.844. The molecule has 0 aliphatic rings. The molecule has 0 spiro atoms. The normalized spacial score (nSPS) is 11.3. The fourth-order valence-corrected chi connectivity index (χ4v) is 2.17. The number of hydrogen-bond donors (Lipinski definition) is 2. The van der Waals surface area contributed by atoms with E-state index in [1.807, 2.05) is 45.9 Å². The highest BCUT2D eigenvalue weighted by Gasteiger charge is 2.21. The molecular formula is C16H21BrN4O2. The Bertz CT molecular complexity index is 692. The summed E-state index contributed by atoms with van der Waals surface area (Å²) in [4.78, 5) is 16.2. The topological polar surface area (TPSA) is 80.0 Å². The number of urea groups is 1. The van der Waals surface area contributed by atoms with Gasteiger partial charge in [0, 0.05) is 28.5 Å². The Morgan fingerprint density at radius 2 is 2.09 bits per heavy atom. The smallest absolute Gasteiger partial charge is 0.319 e. The fourth-order valence-electron chi connectivity index (χ4n) is 1.79. The number of carbonyl (C=O) groups is 1. The van der Waals surface area contributed by atoms with Crippen molar-refractivity contribution in [3.8, 4) is 0 Å². The Labute approximate surface area is 144 Å². The molecule has 1 aromatic heterocycles. The predicted molar refractivity (Wildman–Crippen MR) is 92.6 cm³/mol. The van der Waals surface area contributed by atoms with Crippen molar-refractivity contribution in [2.24, 2.45) is 0 Å². The Morgan fingerprint density at radius 3 is 2.70 bits per heavy atom. The SMILES string of the molecule is Cc1ccc(NC(=O)NCCc2noc(C(C)(C)C)n2)cc1Br. The summed E-state index contributed by atoms with van der Waals surface area (Å²) in [6.07, 6.45) is 0.518. The lowest BCUT2D eigenvalue weighted by Gasteiger charge is -2.10. The summed E-state index contributed by atoms with van der Waals surface area (Å²) in [6.45, 7) is 8.45. The molecule has 0 bridgehead atoms. The van der Waals surface area contributed by atoms with Gasteiger partial charge in [0.15, 0.2) is 5.82 Å². The summed E-state index contributed by atoms with van der Waals surface area (Å²) in [7, 11) is 0. The molecule has 0 saturated carbocycles. The lowest BCUT2D eigenvalue weighted by Crippen LogP contribution is -2.30. The summed E-state index contributed by atoms with van der Waals surface area (Å²) < 4.78 is 6.17. The summed E-state index contributed by atoms with van der Waals surface area (Å²) in [5.74, 6) is 1.19. The first-order valence-electron chi connectivity index (χ1n) is 7.40. The summed E-state index contributed by atoms with van der Waals surface area (Å²) >= 11 is 3.44. The Kier molecular flexibility index (Phi) is 5.41. The predicted octanol–water partition coefficient (Wildman–Crippen LogP) is 3.80. The molecule has 0 aliphatic carbocycles. The maximum Gasteiger partial charge on any atom is 0.319 e. The second-order valence-corrected chi connectivity index (χ2v) is 7.21. The van der Waals surface area contributed by atoms with Crippen molar-refractivity contribution >= 4 is 27.6 Å². The van der Waals surface area contributed by atoms with Gasteiger partial charge in [-0.15, -0.1) is 0 Å². The number of halogens is 1. The number of amides is 2. The monoisotopic (exact) mass is 380 g/mol. The average molecular weight is 381 g/mol. The zero-order chi connectivity index (χ0) is 17.0. The van der Waals surface area contributed by atoms with E-state index < -0.39 is 0 Å². The second-order valence-electron chi connectivity index (χ2n) is 6.36. The summed E-state index contributed by atoms with van der Waals surface area (Å²) in [5.41, 5.74) is 1.67. The standard InChI is InChI=1S/C16H21BrN4O2/c1-10-5-6-11(9-12(10)17)19-15(22)18-8-7-13-20-14(23-21-13)16(2,3)4/h5-6,9H,7-8H2,1-4H3,(H2,18,19,22). The van der Waals surface area contributed by atoms with Crippen LogP contribution < -0.4 is 10.6 Å². The molecule has 7 heteroatoms. The van der Waals surface area contributed by atoms with E-state index in [-0.39, 0.29) is 11.4 Å². The summed E-state index contributed by atoms with van der Waals surface area (Å²) in [6, 6.07) is 5.39. The molecule has 0 fully saturated rings. The van der Waals surface area contributed by atoms with Gasteiger partial charge in [-0.1, -0.05) is 47.9 Å². The van der Waals surface area contributed by atoms with Crippen LogP contribution in [0.3, 0.4) is 0 Å². The van der Waals surface area contributed by atoms with Gasteiger partial charge in [-0.2, -0.15) is 4.98 Å². The Balaban J connectivity index is 1.80. The molecule has 1 aromatic carbocycles. The highest BCUT2D eigenvalue weighted by atomic mass is 79.9. The van der Waals surface area contributed by atoms with E-state index in [1.165, 1.54) is 0 Å². The third-order valence-electron chi connectivity index (χ3n) is 3.17. The second kappa shape index (κ2) is 7.12. The van der Waals surface area contributed by atoms with Crippen LogP contribution in [0.15, 0.2) is 27.2 Å². The van der Waals surface area contributed by atoms with Crippen molar-refractivity contribution in [3.63, 3.8) is 0 Å². The van der Waals surface area contributed by atoms with Crippen molar-refractivity contribution in [2.75, 3.05) is 11.9 Å². The molecule has 1 heterocycles. The molecule has 124 valence electrons. The first kappa shape index (κ1) is 17.5. The van der Waals surface area contributed by atoms with E-state index in [0.29, 0.717) is 24.7 Å². The molecule has 2 rings (SSSR count). The minimum Gasteiger partial charge on any atom is -0.339 e. The van der Waals surface area contributed by atoms with E-state index in [2.05, 4.69) is 36.7 Å². The summed E-state index contributed by atoms with van der Waals surface area (Å²) in [5, 5.41) is 9.48. The minimum atomic E-state index is -0.264. The van der Waals surface area contributed by atoms with Crippen molar-refractivity contribution in [2.45, 2.75) is 39.5 Å². The van der Waals surface area contributed by atoms with E-state index in [0.717, 1.165) is 15.7 Å². The van der Waals surface area contributed by atoms with Crippen molar-refractivity contribution in [1.82, 2.24) is 15.5 Å². The van der Waals surface area contributed by atoms with Crippen molar-refractivity contribution in [1.29, 1.82) is 0 Å². The molecule has 0 saturated heterocycles. The van der Waals surface area contributed by atoms with Gasteiger partial charge >= 0.3 is 6.03 Å². The third-order valence-corrected chi connectivity index (χ3v) is 4.03. The number of rotatable bonds is 4. The highest BCUT2D eigenvalue weighted by Crippen LogP contribution is 2.21. The number of nitrogens with zero attached hydrogens (tertiary/aromatic N) is 2. The van der Waals surface area contributed by atoms with Gasteiger partial charge in [0.1, 0.15) is 0 Å². The first-order valence-corrected chi connectivity index (χ1v) is 8.19. The van der Waals surface area contributed by atoms with E-state index in [4.69, 9.17) is 4.52 Å². The van der Waals surface area contributed by atoms with E-state index >= 15 is 0 Å². The third kappa shape index (κ3) is 5.06. The zero-order valence-corrected chi connectivity index (χ0v) is 15.3. The van der Waals surface area contributed by atoms with Crippen LogP contribution in [0.2, 0.25) is 0 Å². The average Bonchev–Trinajstić information content (AvgIpc) is 2.92. The molecule has 0 atom stereocenters.